The molecule has 0 aromatic carbocycles. The lowest BCUT2D eigenvalue weighted by molar-refractivity contribution is 0.659. The molecule has 0 atom stereocenters. The van der Waals surface area contributed by atoms with Crippen LogP contribution in [0.3, 0.4) is 0 Å². The highest BCUT2D eigenvalue weighted by molar-refractivity contribution is 5.90. The number of aryl methyl sites for hydroxylation is 3. The molecular formula is C15H15N7. The van der Waals surface area contributed by atoms with Gasteiger partial charge in [-0.25, -0.2) is 19.6 Å². The van der Waals surface area contributed by atoms with E-state index in [1.165, 1.54) is 0 Å². The monoisotopic (exact) mass is 293 g/mol. The van der Waals surface area contributed by atoms with Gasteiger partial charge in [-0.1, -0.05) is 0 Å². The van der Waals surface area contributed by atoms with Crippen LogP contribution in [0.15, 0.2) is 43.2 Å². The summed E-state index contributed by atoms with van der Waals surface area (Å²) in [6.45, 7) is 0.819. The Bertz CT molecular complexity index is 901. The van der Waals surface area contributed by atoms with Crippen molar-refractivity contribution in [2.45, 2.75) is 13.0 Å². The van der Waals surface area contributed by atoms with Crippen LogP contribution in [-0.2, 0) is 20.0 Å². The van der Waals surface area contributed by atoms with Crippen molar-refractivity contribution in [1.82, 2.24) is 34.3 Å². The summed E-state index contributed by atoms with van der Waals surface area (Å²) in [4.78, 5) is 16.2. The number of rotatable bonds is 4. The maximum absolute atomic E-state index is 4.69. The molecule has 0 amide bonds. The third-order valence-electron chi connectivity index (χ3n) is 3.66. The van der Waals surface area contributed by atoms with Crippen LogP contribution in [0.25, 0.3) is 22.4 Å². The van der Waals surface area contributed by atoms with Crippen molar-refractivity contribution < 1.29 is 0 Å². The minimum absolute atomic E-state index is 0.769. The van der Waals surface area contributed by atoms with E-state index in [1.54, 1.807) is 18.7 Å². The molecule has 0 saturated heterocycles. The lowest BCUT2D eigenvalue weighted by Gasteiger charge is -2.01. The minimum Gasteiger partial charge on any atom is -0.346 e. The van der Waals surface area contributed by atoms with Crippen molar-refractivity contribution in [3.05, 3.63) is 49.1 Å². The summed E-state index contributed by atoms with van der Waals surface area (Å²) in [5.74, 6) is 1.68. The zero-order valence-corrected chi connectivity index (χ0v) is 12.1. The molecule has 1 N–H and O–H groups in total. The standard InChI is InChI=1S/C15H15N7/c1-21-15(12-3-6-18-14-11(12)2-5-17-14)19-13(20-21)4-8-22-9-7-16-10-22/h2-3,5-7,9-10H,4,8H2,1H3,(H,17,18). The maximum atomic E-state index is 4.69. The van der Waals surface area contributed by atoms with E-state index in [0.717, 1.165) is 41.2 Å². The van der Waals surface area contributed by atoms with Gasteiger partial charge in [0.2, 0.25) is 0 Å². The van der Waals surface area contributed by atoms with Gasteiger partial charge in [0.05, 0.1) is 6.33 Å². The van der Waals surface area contributed by atoms with E-state index in [4.69, 9.17) is 0 Å². The van der Waals surface area contributed by atoms with Crippen LogP contribution in [0.1, 0.15) is 5.82 Å². The van der Waals surface area contributed by atoms with E-state index in [2.05, 4.69) is 25.0 Å². The Hall–Kier alpha value is -2.96. The van der Waals surface area contributed by atoms with Crippen LogP contribution in [0, 0.1) is 0 Å². The van der Waals surface area contributed by atoms with Gasteiger partial charge in [-0.05, 0) is 12.1 Å². The van der Waals surface area contributed by atoms with Gasteiger partial charge >= 0.3 is 0 Å². The molecule has 4 aromatic rings. The smallest absolute Gasteiger partial charge is 0.158 e. The molecule has 4 aromatic heterocycles. The van der Waals surface area contributed by atoms with Gasteiger partial charge in [-0.2, -0.15) is 5.10 Å². The van der Waals surface area contributed by atoms with Crippen LogP contribution in [0.4, 0.5) is 0 Å². The molecule has 22 heavy (non-hydrogen) atoms. The van der Waals surface area contributed by atoms with Crippen LogP contribution < -0.4 is 0 Å². The molecule has 4 heterocycles. The highest BCUT2D eigenvalue weighted by atomic mass is 15.3. The van der Waals surface area contributed by atoms with Crippen molar-refractivity contribution in [3.63, 3.8) is 0 Å². The second-order valence-electron chi connectivity index (χ2n) is 5.12. The predicted octanol–water partition coefficient (Wildman–Crippen LogP) is 1.80. The average Bonchev–Trinajstić information content (AvgIpc) is 3.25. The molecule has 0 fully saturated rings. The Labute approximate surface area is 126 Å². The molecule has 0 aliphatic carbocycles. The Kier molecular flexibility index (Phi) is 2.96. The van der Waals surface area contributed by atoms with E-state index in [1.807, 2.05) is 40.8 Å². The second-order valence-corrected chi connectivity index (χ2v) is 5.12. The summed E-state index contributed by atoms with van der Waals surface area (Å²) in [6, 6.07) is 3.98. The van der Waals surface area contributed by atoms with Crippen molar-refractivity contribution in [1.29, 1.82) is 0 Å². The topological polar surface area (TPSA) is 77.2 Å². The van der Waals surface area contributed by atoms with Crippen molar-refractivity contribution in [2.24, 2.45) is 7.05 Å². The molecule has 7 nitrogen and oxygen atoms in total. The molecule has 0 aliphatic rings. The summed E-state index contributed by atoms with van der Waals surface area (Å²) in [5.41, 5.74) is 1.90. The van der Waals surface area contributed by atoms with Crippen LogP contribution >= 0.6 is 0 Å². The predicted molar refractivity (Wildman–Crippen MR) is 82.0 cm³/mol. The average molecular weight is 293 g/mol. The van der Waals surface area contributed by atoms with Crippen LogP contribution in [-0.4, -0.2) is 34.3 Å². The number of aromatic nitrogens is 7. The van der Waals surface area contributed by atoms with E-state index in [0.29, 0.717) is 0 Å². The first-order chi connectivity index (χ1) is 10.8. The SMILES string of the molecule is Cn1nc(CCn2ccnc2)nc1-c1ccnc2[nH]ccc12. The quantitative estimate of drug-likeness (QED) is 0.622. The number of nitrogens with zero attached hydrogens (tertiary/aromatic N) is 6. The van der Waals surface area contributed by atoms with Gasteiger partial charge in [0.1, 0.15) is 5.65 Å². The van der Waals surface area contributed by atoms with E-state index < -0.39 is 0 Å². The molecular weight excluding hydrogens is 278 g/mol. The Morgan fingerprint density at radius 1 is 1.23 bits per heavy atom. The molecule has 0 bridgehead atoms. The normalized spacial score (nSPS) is 11.3. The van der Waals surface area contributed by atoms with Gasteiger partial charge in [-0.3, -0.25) is 0 Å². The Morgan fingerprint density at radius 3 is 3.05 bits per heavy atom. The fraction of sp³-hybridized carbons (Fsp3) is 0.200. The molecule has 0 saturated carbocycles. The van der Waals surface area contributed by atoms with Crippen molar-refractivity contribution >= 4 is 11.0 Å². The highest BCUT2D eigenvalue weighted by Gasteiger charge is 2.13. The summed E-state index contributed by atoms with van der Waals surface area (Å²) >= 11 is 0. The molecule has 110 valence electrons. The van der Waals surface area contributed by atoms with Crippen LogP contribution in [0.5, 0.6) is 0 Å². The highest BCUT2D eigenvalue weighted by Crippen LogP contribution is 2.25. The number of hydrogen-bond donors (Lipinski definition) is 1. The van der Waals surface area contributed by atoms with E-state index in [9.17, 15) is 0 Å². The Balaban J connectivity index is 1.66. The molecule has 0 aliphatic heterocycles. The number of pyridine rings is 1. The number of fused-ring (bicyclic) bond motifs is 1. The number of nitrogens with one attached hydrogen (secondary N) is 1. The lowest BCUT2D eigenvalue weighted by Crippen LogP contribution is -2.00. The van der Waals surface area contributed by atoms with Crippen molar-refractivity contribution in [2.75, 3.05) is 0 Å². The third-order valence-corrected chi connectivity index (χ3v) is 3.66. The largest absolute Gasteiger partial charge is 0.346 e. The first kappa shape index (κ1) is 12.8. The van der Waals surface area contributed by atoms with Gasteiger partial charge in [0.15, 0.2) is 11.6 Å². The fourth-order valence-corrected chi connectivity index (χ4v) is 2.58. The summed E-state index contributed by atoms with van der Waals surface area (Å²) in [7, 11) is 1.92. The minimum atomic E-state index is 0.769. The number of H-pyrrole nitrogens is 1. The van der Waals surface area contributed by atoms with Crippen molar-refractivity contribution in [3.8, 4) is 11.4 Å². The molecule has 7 heteroatoms. The zero-order chi connectivity index (χ0) is 14.9. The summed E-state index contributed by atoms with van der Waals surface area (Å²) in [5, 5.41) is 5.57. The third kappa shape index (κ3) is 2.16. The maximum Gasteiger partial charge on any atom is 0.158 e. The van der Waals surface area contributed by atoms with E-state index >= 15 is 0 Å². The van der Waals surface area contributed by atoms with Crippen LogP contribution in [0.2, 0.25) is 0 Å². The lowest BCUT2D eigenvalue weighted by atomic mass is 10.2. The number of imidazole rings is 1. The first-order valence-corrected chi connectivity index (χ1v) is 7.09. The zero-order valence-electron chi connectivity index (χ0n) is 12.1. The Morgan fingerprint density at radius 2 is 2.18 bits per heavy atom. The first-order valence-electron chi connectivity index (χ1n) is 7.09. The summed E-state index contributed by atoms with van der Waals surface area (Å²) in [6.07, 6.45) is 9.96. The molecule has 0 unspecified atom stereocenters. The van der Waals surface area contributed by atoms with E-state index in [-0.39, 0.29) is 0 Å². The van der Waals surface area contributed by atoms with Gasteiger partial charge < -0.3 is 9.55 Å². The number of hydrogen-bond acceptors (Lipinski definition) is 4. The van der Waals surface area contributed by atoms with Gasteiger partial charge in [0.25, 0.3) is 0 Å². The van der Waals surface area contributed by atoms with Gasteiger partial charge in [0, 0.05) is 55.8 Å². The number of aromatic amines is 1. The van der Waals surface area contributed by atoms with Gasteiger partial charge in [-0.15, -0.1) is 0 Å². The molecule has 0 radical (unpaired) electrons. The molecule has 0 spiro atoms. The summed E-state index contributed by atoms with van der Waals surface area (Å²) < 4.78 is 3.85. The fourth-order valence-electron chi connectivity index (χ4n) is 2.58. The second kappa shape index (κ2) is 5.10. The molecule has 4 rings (SSSR count).